The number of amides is 1. The van der Waals surface area contributed by atoms with Crippen LogP contribution in [0.4, 0.5) is 39.5 Å². The summed E-state index contributed by atoms with van der Waals surface area (Å²) in [7, 11) is 0. The van der Waals surface area contributed by atoms with Crippen molar-refractivity contribution in [3.8, 4) is 17.2 Å². The Balaban J connectivity index is 1.78. The predicted molar refractivity (Wildman–Crippen MR) is 146 cm³/mol. The van der Waals surface area contributed by atoms with Crippen molar-refractivity contribution in [2.45, 2.75) is 63.3 Å². The van der Waals surface area contributed by atoms with Crippen molar-refractivity contribution < 1.29 is 49.4 Å². The summed E-state index contributed by atoms with van der Waals surface area (Å²) in [4.78, 5) is 13.1. The molecule has 1 unspecified atom stereocenters. The molecular weight excluding hydrogens is 617 g/mol. The summed E-state index contributed by atoms with van der Waals surface area (Å²) in [5.74, 6) is -3.01. The number of hydrogen-bond donors (Lipinski definition) is 3. The van der Waals surface area contributed by atoms with E-state index >= 15 is 0 Å². The fourth-order valence-corrected chi connectivity index (χ4v) is 4.52. The van der Waals surface area contributed by atoms with Gasteiger partial charge in [-0.05, 0) is 45.9 Å². The van der Waals surface area contributed by atoms with Crippen LogP contribution >= 0.6 is 0 Å². The van der Waals surface area contributed by atoms with Crippen LogP contribution in [0.3, 0.4) is 0 Å². The van der Waals surface area contributed by atoms with Crippen molar-refractivity contribution in [3.05, 3.63) is 94.8 Å². The minimum Gasteiger partial charge on any atom is -0.382 e. The number of nitrogens with one attached hydrogen (secondary N) is 2. The van der Waals surface area contributed by atoms with Crippen LogP contribution in [0.25, 0.3) is 11.1 Å². The SMILES string of the molecule is CC(C)C(N[C@@H](c1ccc(-c2ccc([C@@H](O)C(F)F)cc2)cc1)C(F)(F)F)C(=O)N[C@H](C#N)Cc1ccc(C(F)(F)F)cc1F. The summed E-state index contributed by atoms with van der Waals surface area (Å²) in [5.41, 5.74) is -0.930. The molecule has 0 saturated heterocycles. The third-order valence-corrected chi connectivity index (χ3v) is 6.97. The highest BCUT2D eigenvalue weighted by Crippen LogP contribution is 2.35. The number of halogens is 9. The summed E-state index contributed by atoms with van der Waals surface area (Å²) < 4.78 is 121. The summed E-state index contributed by atoms with van der Waals surface area (Å²) in [6.07, 6.45) is -15.2. The normalized spacial score (nSPS) is 15.0. The largest absolute Gasteiger partial charge is 0.416 e. The van der Waals surface area contributed by atoms with E-state index in [0.717, 1.165) is 6.07 Å². The monoisotopic (exact) mass is 645 g/mol. The molecular formula is C31H28F9N3O2. The molecule has 0 fully saturated rings. The quantitative estimate of drug-likeness (QED) is 0.192. The lowest BCUT2D eigenvalue weighted by Crippen LogP contribution is -2.53. The number of carbonyl (C=O) groups excluding carboxylic acids is 1. The van der Waals surface area contributed by atoms with Gasteiger partial charge in [-0.25, -0.2) is 13.2 Å². The number of hydrogen-bond acceptors (Lipinski definition) is 4. The fourth-order valence-electron chi connectivity index (χ4n) is 4.52. The molecule has 5 nitrogen and oxygen atoms in total. The molecule has 0 bridgehead atoms. The van der Waals surface area contributed by atoms with Gasteiger partial charge in [0.1, 0.15) is 24.0 Å². The highest BCUT2D eigenvalue weighted by molar-refractivity contribution is 5.82. The van der Waals surface area contributed by atoms with Gasteiger partial charge in [-0.15, -0.1) is 0 Å². The third-order valence-electron chi connectivity index (χ3n) is 6.97. The van der Waals surface area contributed by atoms with Crippen LogP contribution in [-0.2, 0) is 17.4 Å². The number of nitriles is 1. The molecule has 4 atom stereocenters. The maximum absolute atomic E-state index is 14.3. The molecule has 0 heterocycles. The Kier molecular flexibility index (Phi) is 11.3. The second kappa shape index (κ2) is 14.3. The second-order valence-corrected chi connectivity index (χ2v) is 10.6. The van der Waals surface area contributed by atoms with Gasteiger partial charge in [-0.1, -0.05) is 68.4 Å². The zero-order valence-corrected chi connectivity index (χ0v) is 23.7. The molecule has 0 aromatic heterocycles. The molecule has 14 heteroatoms. The summed E-state index contributed by atoms with van der Waals surface area (Å²) in [5, 5.41) is 23.5. The summed E-state index contributed by atoms with van der Waals surface area (Å²) in [6.45, 7) is 2.92. The Morgan fingerprint density at radius 2 is 1.42 bits per heavy atom. The van der Waals surface area contributed by atoms with Crippen molar-refractivity contribution in [2.24, 2.45) is 5.92 Å². The van der Waals surface area contributed by atoms with E-state index in [4.69, 9.17) is 0 Å². The van der Waals surface area contributed by atoms with Crippen molar-refractivity contribution in [3.63, 3.8) is 0 Å². The van der Waals surface area contributed by atoms with E-state index in [1.54, 1.807) is 6.07 Å². The first kappa shape index (κ1) is 35.4. The fraction of sp³-hybridized carbons (Fsp3) is 0.355. The molecule has 0 radical (unpaired) electrons. The maximum Gasteiger partial charge on any atom is 0.416 e. The standard InChI is InChI=1S/C31H28F9N3O2/c1-16(2)25(29(45)42-23(15-41)13-21-11-12-22(14-24(21)32)30(35,36)37)43-27(31(38,39)40)20-9-5-18(6-10-20)17-3-7-19(8-4-17)26(44)28(33)34/h3-12,14,16,23,25-28,43-44H,13H2,1-2H3,(H,42,45)/t23-,25?,26+,27-/m0/s1. The number of rotatable bonds is 11. The lowest BCUT2D eigenvalue weighted by Gasteiger charge is -2.30. The maximum atomic E-state index is 14.3. The number of aliphatic hydroxyl groups excluding tert-OH is 1. The van der Waals surface area contributed by atoms with E-state index in [1.165, 1.54) is 62.4 Å². The van der Waals surface area contributed by atoms with Gasteiger partial charge < -0.3 is 10.4 Å². The zero-order valence-electron chi connectivity index (χ0n) is 23.7. The predicted octanol–water partition coefficient (Wildman–Crippen LogP) is 7.28. The molecule has 0 saturated carbocycles. The molecule has 1 amide bonds. The molecule has 3 rings (SSSR count). The third kappa shape index (κ3) is 9.21. The van der Waals surface area contributed by atoms with Crippen molar-refractivity contribution >= 4 is 5.91 Å². The van der Waals surface area contributed by atoms with Gasteiger partial charge in [0.25, 0.3) is 6.43 Å². The van der Waals surface area contributed by atoms with Crippen LogP contribution in [-0.4, -0.2) is 35.7 Å². The lowest BCUT2D eigenvalue weighted by molar-refractivity contribution is -0.161. The summed E-state index contributed by atoms with van der Waals surface area (Å²) in [6, 6.07) is 8.50. The number of aliphatic hydroxyl groups is 1. The Labute approximate surface area is 252 Å². The van der Waals surface area contributed by atoms with Crippen LogP contribution in [0, 0.1) is 23.1 Å². The molecule has 0 spiro atoms. The van der Waals surface area contributed by atoms with Gasteiger partial charge in [0.05, 0.1) is 17.7 Å². The molecule has 0 aliphatic carbocycles. The van der Waals surface area contributed by atoms with Crippen LogP contribution in [0.1, 0.15) is 48.2 Å². The van der Waals surface area contributed by atoms with Crippen molar-refractivity contribution in [1.29, 1.82) is 5.26 Å². The number of benzene rings is 3. The van der Waals surface area contributed by atoms with Gasteiger partial charge in [0.15, 0.2) is 0 Å². The first-order valence-electron chi connectivity index (χ1n) is 13.5. The molecule has 0 aliphatic rings. The Bertz CT molecular complexity index is 1480. The zero-order chi connectivity index (χ0) is 33.7. The average molecular weight is 646 g/mol. The van der Waals surface area contributed by atoms with Crippen LogP contribution < -0.4 is 10.6 Å². The Hall–Kier alpha value is -4.09. The smallest absolute Gasteiger partial charge is 0.382 e. The van der Waals surface area contributed by atoms with Crippen LogP contribution in [0.5, 0.6) is 0 Å². The molecule has 45 heavy (non-hydrogen) atoms. The Morgan fingerprint density at radius 1 is 0.889 bits per heavy atom. The number of carbonyl (C=O) groups is 1. The van der Waals surface area contributed by atoms with Gasteiger partial charge in [-0.2, -0.15) is 31.6 Å². The van der Waals surface area contributed by atoms with Gasteiger partial charge in [-0.3, -0.25) is 10.1 Å². The average Bonchev–Trinajstić information content (AvgIpc) is 2.96. The lowest BCUT2D eigenvalue weighted by atomic mass is 9.96. The van der Waals surface area contributed by atoms with E-state index in [-0.39, 0.29) is 22.8 Å². The molecule has 3 aromatic carbocycles. The first-order valence-corrected chi connectivity index (χ1v) is 13.5. The molecule has 242 valence electrons. The highest BCUT2D eigenvalue weighted by Gasteiger charge is 2.43. The number of alkyl halides is 8. The number of nitrogens with zero attached hydrogens (tertiary/aromatic N) is 1. The molecule has 3 N–H and O–H groups in total. The van der Waals surface area contributed by atoms with E-state index < -0.39 is 72.6 Å². The van der Waals surface area contributed by atoms with Crippen molar-refractivity contribution in [1.82, 2.24) is 10.6 Å². The van der Waals surface area contributed by atoms with E-state index in [0.29, 0.717) is 17.2 Å². The van der Waals surface area contributed by atoms with E-state index in [1.807, 2.05) is 0 Å². The summed E-state index contributed by atoms with van der Waals surface area (Å²) >= 11 is 0. The van der Waals surface area contributed by atoms with Crippen LogP contribution in [0.15, 0.2) is 66.7 Å². The Morgan fingerprint density at radius 3 is 1.84 bits per heavy atom. The second-order valence-electron chi connectivity index (χ2n) is 10.6. The van der Waals surface area contributed by atoms with Gasteiger partial charge in [0.2, 0.25) is 5.91 Å². The van der Waals surface area contributed by atoms with Gasteiger partial charge in [0, 0.05) is 6.42 Å². The minimum absolute atomic E-state index is 0.0344. The highest BCUT2D eigenvalue weighted by atomic mass is 19.4. The first-order chi connectivity index (χ1) is 20.9. The van der Waals surface area contributed by atoms with Crippen LogP contribution in [0.2, 0.25) is 0 Å². The molecule has 0 aliphatic heterocycles. The van der Waals surface area contributed by atoms with Gasteiger partial charge >= 0.3 is 12.4 Å². The minimum atomic E-state index is -4.89. The topological polar surface area (TPSA) is 85.2 Å². The van der Waals surface area contributed by atoms with Crippen molar-refractivity contribution in [2.75, 3.05) is 0 Å². The molecule has 3 aromatic rings. The van der Waals surface area contributed by atoms with E-state index in [2.05, 4.69) is 10.6 Å². The van der Waals surface area contributed by atoms with E-state index in [9.17, 15) is 54.7 Å².